The zero-order valence-electron chi connectivity index (χ0n) is 18.3. The molecule has 0 spiro atoms. The molecule has 3 N–H and O–H groups in total. The van der Waals surface area contributed by atoms with Crippen LogP contribution in [0.15, 0.2) is 42.5 Å². The van der Waals surface area contributed by atoms with Gasteiger partial charge in [0.15, 0.2) is 6.61 Å². The monoisotopic (exact) mass is 479 g/mol. The van der Waals surface area contributed by atoms with Crippen LogP contribution in [-0.2, 0) is 19.8 Å². The molecule has 0 aliphatic heterocycles. The van der Waals surface area contributed by atoms with Crippen molar-refractivity contribution in [3.05, 3.63) is 58.1 Å². The van der Waals surface area contributed by atoms with Crippen molar-refractivity contribution >= 4 is 46.6 Å². The highest BCUT2D eigenvalue weighted by atomic mass is 35.5. The topological polar surface area (TPSA) is 96.5 Å². The van der Waals surface area contributed by atoms with Crippen LogP contribution in [-0.4, -0.2) is 24.3 Å². The highest BCUT2D eigenvalue weighted by molar-refractivity contribution is 6.36. The van der Waals surface area contributed by atoms with Crippen LogP contribution >= 0.6 is 23.2 Å². The third-order valence-corrected chi connectivity index (χ3v) is 5.56. The molecule has 0 bridgehead atoms. The SMILES string of the molecule is CCC(C)(C)c1ccc(OCC(=O)NNC(=O)CCC(=O)Nc2ccc(Cl)cc2Cl)cc1. The van der Waals surface area contributed by atoms with Crippen LogP contribution in [0, 0.1) is 0 Å². The number of hydrazine groups is 1. The fourth-order valence-corrected chi connectivity index (χ4v) is 3.08. The van der Waals surface area contributed by atoms with Gasteiger partial charge in [0.2, 0.25) is 11.8 Å². The van der Waals surface area contributed by atoms with Crippen LogP contribution in [0.2, 0.25) is 10.0 Å². The van der Waals surface area contributed by atoms with Gasteiger partial charge in [-0.2, -0.15) is 0 Å². The van der Waals surface area contributed by atoms with Crippen LogP contribution in [0.3, 0.4) is 0 Å². The van der Waals surface area contributed by atoms with Crippen molar-refractivity contribution in [2.24, 2.45) is 0 Å². The predicted octanol–water partition coefficient (Wildman–Crippen LogP) is 4.63. The van der Waals surface area contributed by atoms with E-state index in [9.17, 15) is 14.4 Å². The van der Waals surface area contributed by atoms with Gasteiger partial charge in [-0.1, -0.05) is 56.1 Å². The summed E-state index contributed by atoms with van der Waals surface area (Å²) in [6, 6.07) is 12.2. The van der Waals surface area contributed by atoms with Gasteiger partial charge in [-0.15, -0.1) is 0 Å². The van der Waals surface area contributed by atoms with Gasteiger partial charge in [0.1, 0.15) is 5.75 Å². The summed E-state index contributed by atoms with van der Waals surface area (Å²) in [5, 5.41) is 3.34. The number of halogens is 2. The number of carbonyl (C=O) groups excluding carboxylic acids is 3. The Bertz CT molecular complexity index is 962. The standard InChI is InChI=1S/C23H27Cl2N3O4/c1-4-23(2,3)15-5-8-17(9-6-15)32-14-22(31)28-27-21(30)12-11-20(29)26-19-10-7-16(24)13-18(19)25/h5-10,13H,4,11-12,14H2,1-3H3,(H,26,29)(H,27,30)(H,28,31). The number of amides is 3. The van der Waals surface area contributed by atoms with Crippen molar-refractivity contribution in [2.45, 2.75) is 45.4 Å². The minimum Gasteiger partial charge on any atom is -0.484 e. The average Bonchev–Trinajstić information content (AvgIpc) is 2.77. The highest BCUT2D eigenvalue weighted by Crippen LogP contribution is 2.28. The van der Waals surface area contributed by atoms with Gasteiger partial charge in [-0.05, 0) is 47.7 Å². The smallest absolute Gasteiger partial charge is 0.276 e. The molecule has 0 radical (unpaired) electrons. The molecule has 172 valence electrons. The Morgan fingerprint density at radius 2 is 1.53 bits per heavy atom. The quantitative estimate of drug-likeness (QED) is 0.456. The van der Waals surface area contributed by atoms with Crippen molar-refractivity contribution < 1.29 is 19.1 Å². The number of ether oxygens (including phenoxy) is 1. The second-order valence-corrected chi connectivity index (χ2v) is 8.66. The van der Waals surface area contributed by atoms with E-state index in [0.717, 1.165) is 6.42 Å². The van der Waals surface area contributed by atoms with Crippen LogP contribution in [0.5, 0.6) is 5.75 Å². The zero-order chi connectivity index (χ0) is 23.7. The van der Waals surface area contributed by atoms with Gasteiger partial charge < -0.3 is 10.1 Å². The molecule has 0 saturated heterocycles. The zero-order valence-corrected chi connectivity index (χ0v) is 19.8. The maximum Gasteiger partial charge on any atom is 0.276 e. The first-order valence-corrected chi connectivity index (χ1v) is 10.9. The van der Waals surface area contributed by atoms with Crippen molar-refractivity contribution in [1.29, 1.82) is 0 Å². The Hall–Kier alpha value is -2.77. The molecule has 2 aromatic carbocycles. The van der Waals surface area contributed by atoms with Crippen molar-refractivity contribution in [1.82, 2.24) is 10.9 Å². The second-order valence-electron chi connectivity index (χ2n) is 7.82. The molecule has 0 atom stereocenters. The molecule has 2 aromatic rings. The molecule has 0 unspecified atom stereocenters. The van der Waals surface area contributed by atoms with Gasteiger partial charge >= 0.3 is 0 Å². The lowest BCUT2D eigenvalue weighted by Gasteiger charge is -2.23. The van der Waals surface area contributed by atoms with E-state index < -0.39 is 17.7 Å². The van der Waals surface area contributed by atoms with E-state index in [0.29, 0.717) is 21.5 Å². The first-order chi connectivity index (χ1) is 15.1. The maximum atomic E-state index is 12.0. The first kappa shape index (κ1) is 25.5. The molecule has 0 saturated carbocycles. The number of carbonyl (C=O) groups is 3. The molecule has 2 rings (SSSR count). The lowest BCUT2D eigenvalue weighted by molar-refractivity contribution is -0.130. The Kier molecular flexibility index (Phi) is 9.35. The summed E-state index contributed by atoms with van der Waals surface area (Å²) in [4.78, 5) is 35.7. The van der Waals surface area contributed by atoms with Crippen LogP contribution < -0.4 is 20.9 Å². The fraction of sp³-hybridized carbons (Fsp3) is 0.348. The molecule has 7 nitrogen and oxygen atoms in total. The number of anilines is 1. The highest BCUT2D eigenvalue weighted by Gasteiger charge is 2.17. The van der Waals surface area contributed by atoms with Gasteiger partial charge in [-0.3, -0.25) is 25.2 Å². The lowest BCUT2D eigenvalue weighted by atomic mass is 9.82. The number of benzene rings is 2. The average molecular weight is 480 g/mol. The number of hydrogen-bond acceptors (Lipinski definition) is 4. The van der Waals surface area contributed by atoms with E-state index in [1.54, 1.807) is 12.1 Å². The van der Waals surface area contributed by atoms with Crippen molar-refractivity contribution in [2.75, 3.05) is 11.9 Å². The summed E-state index contributed by atoms with van der Waals surface area (Å²) in [6.45, 7) is 6.20. The molecule has 3 amide bonds. The minimum absolute atomic E-state index is 0.0676. The molecular weight excluding hydrogens is 453 g/mol. The molecular formula is C23H27Cl2N3O4. The summed E-state index contributed by atoms with van der Waals surface area (Å²) in [7, 11) is 0. The lowest BCUT2D eigenvalue weighted by Crippen LogP contribution is -2.44. The number of nitrogens with one attached hydrogen (secondary N) is 3. The Labute approximate surface area is 197 Å². The van der Waals surface area contributed by atoms with Gasteiger partial charge in [0.25, 0.3) is 5.91 Å². The van der Waals surface area contributed by atoms with E-state index in [1.165, 1.54) is 11.6 Å². The first-order valence-electron chi connectivity index (χ1n) is 10.2. The van der Waals surface area contributed by atoms with Crippen LogP contribution in [0.25, 0.3) is 0 Å². The summed E-state index contributed by atoms with van der Waals surface area (Å²) in [6.07, 6.45) is 0.802. The largest absolute Gasteiger partial charge is 0.484 e. The van der Waals surface area contributed by atoms with Gasteiger partial charge in [0, 0.05) is 17.9 Å². The minimum atomic E-state index is -0.520. The number of hydrogen-bond donors (Lipinski definition) is 3. The Morgan fingerprint density at radius 3 is 2.16 bits per heavy atom. The second kappa shape index (κ2) is 11.7. The van der Waals surface area contributed by atoms with Crippen molar-refractivity contribution in [3.63, 3.8) is 0 Å². The summed E-state index contributed by atoms with van der Waals surface area (Å²) in [5.41, 5.74) is 6.16. The van der Waals surface area contributed by atoms with Crippen LogP contribution in [0.1, 0.15) is 45.6 Å². The molecule has 32 heavy (non-hydrogen) atoms. The molecule has 0 fully saturated rings. The third kappa shape index (κ3) is 8.05. The third-order valence-electron chi connectivity index (χ3n) is 5.02. The van der Waals surface area contributed by atoms with E-state index in [4.69, 9.17) is 27.9 Å². The molecule has 0 aromatic heterocycles. The summed E-state index contributed by atoms with van der Waals surface area (Å²) in [5.74, 6) is -0.871. The van der Waals surface area contributed by atoms with E-state index in [2.05, 4.69) is 36.9 Å². The van der Waals surface area contributed by atoms with E-state index in [1.807, 2.05) is 24.3 Å². The normalized spacial score (nSPS) is 10.9. The molecule has 0 aliphatic rings. The summed E-state index contributed by atoms with van der Waals surface area (Å²) < 4.78 is 5.44. The van der Waals surface area contributed by atoms with Crippen molar-refractivity contribution in [3.8, 4) is 5.75 Å². The van der Waals surface area contributed by atoms with Gasteiger partial charge in [0.05, 0.1) is 10.7 Å². The number of rotatable bonds is 9. The Morgan fingerprint density at radius 1 is 0.906 bits per heavy atom. The predicted molar refractivity (Wildman–Crippen MR) is 126 cm³/mol. The maximum absolute atomic E-state index is 12.0. The molecule has 0 heterocycles. The summed E-state index contributed by atoms with van der Waals surface area (Å²) >= 11 is 11.8. The van der Waals surface area contributed by atoms with Crippen LogP contribution in [0.4, 0.5) is 5.69 Å². The van der Waals surface area contributed by atoms with E-state index in [-0.39, 0.29) is 24.9 Å². The Balaban J connectivity index is 1.68. The fourth-order valence-electron chi connectivity index (χ4n) is 2.62. The molecule has 0 aliphatic carbocycles. The molecule has 9 heteroatoms. The van der Waals surface area contributed by atoms with Gasteiger partial charge in [-0.25, -0.2) is 0 Å². The van der Waals surface area contributed by atoms with E-state index >= 15 is 0 Å².